The predicted octanol–water partition coefficient (Wildman–Crippen LogP) is 2.29. The second-order valence-electron chi connectivity index (χ2n) is 6.83. The van der Waals surface area contributed by atoms with Gasteiger partial charge in [-0.2, -0.15) is 0 Å². The van der Waals surface area contributed by atoms with Crippen molar-refractivity contribution in [3.63, 3.8) is 0 Å². The van der Waals surface area contributed by atoms with Crippen molar-refractivity contribution in [2.24, 2.45) is 4.99 Å². The van der Waals surface area contributed by atoms with Crippen LogP contribution in [0, 0.1) is 0 Å². The summed E-state index contributed by atoms with van der Waals surface area (Å²) in [6.45, 7) is 3.62. The highest BCUT2D eigenvalue weighted by Gasteiger charge is 2.32. The molecule has 29 heavy (non-hydrogen) atoms. The molecule has 0 spiro atoms. The summed E-state index contributed by atoms with van der Waals surface area (Å²) in [6.07, 6.45) is 2.45. The number of aliphatic imine (C=N–C) groups is 1. The number of rotatable bonds is 6. The van der Waals surface area contributed by atoms with E-state index >= 15 is 0 Å². The number of benzene rings is 1. The van der Waals surface area contributed by atoms with Crippen LogP contribution in [0.3, 0.4) is 0 Å². The van der Waals surface area contributed by atoms with Crippen molar-refractivity contribution in [1.29, 1.82) is 0 Å². The van der Waals surface area contributed by atoms with Crippen molar-refractivity contribution in [2.75, 3.05) is 54.7 Å². The van der Waals surface area contributed by atoms with Crippen LogP contribution in [0.4, 0.5) is 0 Å². The molecule has 2 aliphatic heterocycles. The molecule has 0 bridgehead atoms. The Hall–Kier alpha value is -1.46. The van der Waals surface area contributed by atoms with Crippen molar-refractivity contribution in [3.8, 4) is 17.2 Å². The fourth-order valence-corrected chi connectivity index (χ4v) is 3.73. The lowest BCUT2D eigenvalue weighted by atomic mass is 10.1. The van der Waals surface area contributed by atoms with Gasteiger partial charge in [0.25, 0.3) is 0 Å². The average Bonchev–Trinajstić information content (AvgIpc) is 3.29. The number of methoxy groups -OCH3 is 3. The van der Waals surface area contributed by atoms with E-state index in [1.165, 1.54) is 0 Å². The summed E-state index contributed by atoms with van der Waals surface area (Å²) in [5.41, 5.74) is 0.963. The van der Waals surface area contributed by atoms with Gasteiger partial charge in [0.05, 0.1) is 34.0 Å². The summed E-state index contributed by atoms with van der Waals surface area (Å²) in [5, 5.41) is 3.43. The summed E-state index contributed by atoms with van der Waals surface area (Å²) in [4.78, 5) is 6.68. The van der Waals surface area contributed by atoms with Crippen molar-refractivity contribution < 1.29 is 23.7 Å². The molecule has 0 radical (unpaired) electrons. The van der Waals surface area contributed by atoms with E-state index in [1.54, 1.807) is 28.4 Å². The highest BCUT2D eigenvalue weighted by molar-refractivity contribution is 14.0. The quantitative estimate of drug-likeness (QED) is 0.350. The molecule has 9 heteroatoms. The molecule has 0 saturated carbocycles. The van der Waals surface area contributed by atoms with Crippen LogP contribution in [0.2, 0.25) is 0 Å². The Labute approximate surface area is 189 Å². The van der Waals surface area contributed by atoms with Crippen LogP contribution >= 0.6 is 24.0 Å². The number of morpholine rings is 1. The molecule has 2 aliphatic rings. The maximum absolute atomic E-state index is 5.94. The number of hydrogen-bond acceptors (Lipinski definition) is 6. The van der Waals surface area contributed by atoms with Gasteiger partial charge in [0.1, 0.15) is 11.9 Å². The van der Waals surface area contributed by atoms with Gasteiger partial charge in [-0.05, 0) is 18.9 Å². The molecule has 2 heterocycles. The molecule has 164 valence electrons. The largest absolute Gasteiger partial charge is 0.496 e. The predicted molar refractivity (Wildman–Crippen MR) is 122 cm³/mol. The molecule has 3 rings (SSSR count). The first kappa shape index (κ1) is 23.8. The summed E-state index contributed by atoms with van der Waals surface area (Å²) < 4.78 is 28.0. The molecule has 1 N–H and O–H groups in total. The van der Waals surface area contributed by atoms with Crippen LogP contribution in [0.1, 0.15) is 18.4 Å². The number of nitrogens with zero attached hydrogens (tertiary/aromatic N) is 2. The number of ether oxygens (including phenoxy) is 5. The van der Waals surface area contributed by atoms with Gasteiger partial charge < -0.3 is 33.9 Å². The number of halogens is 1. The van der Waals surface area contributed by atoms with Crippen molar-refractivity contribution in [3.05, 3.63) is 17.7 Å². The van der Waals surface area contributed by atoms with Crippen LogP contribution in [0.5, 0.6) is 17.2 Å². The van der Waals surface area contributed by atoms with Gasteiger partial charge in [-0.1, -0.05) is 0 Å². The lowest BCUT2D eigenvalue weighted by Gasteiger charge is -2.37. The SMILES string of the molecule is CN=C(NCc1cc(OC)c(OC)cc1OC)N1CCOC(C2CCCO2)C1.I. The molecule has 2 saturated heterocycles. The monoisotopic (exact) mass is 521 g/mol. The maximum atomic E-state index is 5.94. The Kier molecular flexibility index (Phi) is 9.57. The summed E-state index contributed by atoms with van der Waals surface area (Å²) in [5.74, 6) is 2.88. The minimum absolute atomic E-state index is 0. The first-order valence-electron chi connectivity index (χ1n) is 9.67. The van der Waals surface area contributed by atoms with E-state index < -0.39 is 0 Å². The summed E-state index contributed by atoms with van der Waals surface area (Å²) in [7, 11) is 6.68. The third-order valence-electron chi connectivity index (χ3n) is 5.21. The molecule has 0 aliphatic carbocycles. The first-order valence-corrected chi connectivity index (χ1v) is 9.67. The zero-order valence-electron chi connectivity index (χ0n) is 17.6. The number of guanidine groups is 1. The summed E-state index contributed by atoms with van der Waals surface area (Å²) in [6, 6.07) is 3.76. The Morgan fingerprint density at radius 1 is 1.07 bits per heavy atom. The van der Waals surface area contributed by atoms with Gasteiger partial charge in [0.2, 0.25) is 0 Å². The zero-order valence-corrected chi connectivity index (χ0v) is 19.9. The average molecular weight is 521 g/mol. The minimum Gasteiger partial charge on any atom is -0.496 e. The van der Waals surface area contributed by atoms with E-state index in [9.17, 15) is 0 Å². The topological polar surface area (TPSA) is 73.8 Å². The van der Waals surface area contributed by atoms with Gasteiger partial charge in [0.15, 0.2) is 17.5 Å². The molecule has 2 fully saturated rings. The second-order valence-corrected chi connectivity index (χ2v) is 6.83. The van der Waals surface area contributed by atoms with Gasteiger partial charge in [-0.15, -0.1) is 24.0 Å². The lowest BCUT2D eigenvalue weighted by Crippen LogP contribution is -2.53. The van der Waals surface area contributed by atoms with Gasteiger partial charge in [0, 0.05) is 44.9 Å². The van der Waals surface area contributed by atoms with Crippen LogP contribution in [0.15, 0.2) is 17.1 Å². The van der Waals surface area contributed by atoms with E-state index in [1.807, 2.05) is 12.1 Å². The molecule has 0 amide bonds. The maximum Gasteiger partial charge on any atom is 0.194 e. The Morgan fingerprint density at radius 2 is 1.76 bits per heavy atom. The molecular weight excluding hydrogens is 489 g/mol. The Bertz CT molecular complexity index is 682. The fraction of sp³-hybridized carbons (Fsp3) is 0.650. The van der Waals surface area contributed by atoms with E-state index in [0.717, 1.165) is 49.8 Å². The van der Waals surface area contributed by atoms with E-state index in [0.29, 0.717) is 24.7 Å². The standard InChI is InChI=1S/C20H31N3O5.HI/c1-21-20(23-7-9-28-19(13-23)15-6-5-8-27-15)22-12-14-10-17(25-3)18(26-4)11-16(14)24-2;/h10-11,15,19H,5-9,12-13H2,1-4H3,(H,21,22);1H. The third-order valence-corrected chi connectivity index (χ3v) is 5.21. The van der Waals surface area contributed by atoms with Crippen molar-refractivity contribution in [1.82, 2.24) is 10.2 Å². The van der Waals surface area contributed by atoms with Crippen LogP contribution in [-0.2, 0) is 16.0 Å². The smallest absolute Gasteiger partial charge is 0.194 e. The highest BCUT2D eigenvalue weighted by atomic mass is 127. The molecule has 2 unspecified atom stereocenters. The van der Waals surface area contributed by atoms with Crippen molar-refractivity contribution in [2.45, 2.75) is 31.6 Å². The molecule has 1 aromatic rings. The second kappa shape index (κ2) is 11.7. The number of hydrogen-bond donors (Lipinski definition) is 1. The zero-order chi connectivity index (χ0) is 19.9. The lowest BCUT2D eigenvalue weighted by molar-refractivity contribution is -0.0817. The summed E-state index contributed by atoms with van der Waals surface area (Å²) >= 11 is 0. The van der Waals surface area contributed by atoms with Crippen LogP contribution < -0.4 is 19.5 Å². The normalized spacial score (nSPS) is 22.1. The van der Waals surface area contributed by atoms with Gasteiger partial charge in [-0.3, -0.25) is 4.99 Å². The molecular formula is C20H32IN3O5. The molecule has 0 aromatic heterocycles. The molecule has 1 aromatic carbocycles. The van der Waals surface area contributed by atoms with E-state index in [4.69, 9.17) is 23.7 Å². The van der Waals surface area contributed by atoms with Gasteiger partial charge in [-0.25, -0.2) is 0 Å². The minimum atomic E-state index is 0. The number of nitrogens with one attached hydrogen (secondary N) is 1. The highest BCUT2D eigenvalue weighted by Crippen LogP contribution is 2.34. The van der Waals surface area contributed by atoms with E-state index in [-0.39, 0.29) is 36.2 Å². The van der Waals surface area contributed by atoms with E-state index in [2.05, 4.69) is 15.2 Å². The fourth-order valence-electron chi connectivity index (χ4n) is 3.73. The molecule has 8 nitrogen and oxygen atoms in total. The van der Waals surface area contributed by atoms with Crippen molar-refractivity contribution >= 4 is 29.9 Å². The van der Waals surface area contributed by atoms with Gasteiger partial charge >= 0.3 is 0 Å². The first-order chi connectivity index (χ1) is 13.7. The van der Waals surface area contributed by atoms with Crippen LogP contribution in [0.25, 0.3) is 0 Å². The van der Waals surface area contributed by atoms with Crippen LogP contribution in [-0.4, -0.2) is 77.7 Å². The Balaban J connectivity index is 0.00000300. The third kappa shape index (κ3) is 5.79. The Morgan fingerprint density at radius 3 is 2.38 bits per heavy atom. The molecule has 2 atom stereocenters.